The van der Waals surface area contributed by atoms with Crippen molar-refractivity contribution in [1.82, 2.24) is 14.9 Å². The number of hydrogen-bond acceptors (Lipinski definition) is 6. The van der Waals surface area contributed by atoms with Gasteiger partial charge in [0.15, 0.2) is 6.23 Å². The molecular weight excluding hydrogens is 376 g/mol. The number of aromatic nitrogens is 2. The summed E-state index contributed by atoms with van der Waals surface area (Å²) < 4.78 is 6.67. The van der Waals surface area contributed by atoms with Crippen molar-refractivity contribution in [3.05, 3.63) is 50.8 Å². The minimum atomic E-state index is -0.724. The quantitative estimate of drug-likeness (QED) is 0.238. The van der Waals surface area contributed by atoms with E-state index in [-0.39, 0.29) is 24.1 Å². The maximum absolute atomic E-state index is 12.0. The van der Waals surface area contributed by atoms with Crippen molar-refractivity contribution in [2.75, 3.05) is 13.2 Å². The first-order valence-electron chi connectivity index (χ1n) is 9.96. The molecule has 2 rings (SSSR count). The molecule has 0 aliphatic carbocycles. The Balaban J connectivity index is 1.87. The summed E-state index contributed by atoms with van der Waals surface area (Å²) in [7, 11) is 0. The topological polar surface area (TPSA) is 139 Å². The van der Waals surface area contributed by atoms with E-state index in [4.69, 9.17) is 15.6 Å². The molecule has 0 radical (unpaired) electrons. The smallest absolute Gasteiger partial charge is 0.330 e. The SMILES string of the molecule is CCC(N)CCCCCNC(=O)/C=C\c1cn(C2C=CC(CO)O2)c(=O)[nH]c1=O. The largest absolute Gasteiger partial charge is 0.393 e. The molecule has 29 heavy (non-hydrogen) atoms. The van der Waals surface area contributed by atoms with Gasteiger partial charge in [-0.3, -0.25) is 19.1 Å². The van der Waals surface area contributed by atoms with Gasteiger partial charge in [-0.15, -0.1) is 0 Å². The second-order valence-electron chi connectivity index (χ2n) is 7.03. The van der Waals surface area contributed by atoms with Crippen molar-refractivity contribution in [3.8, 4) is 0 Å². The highest BCUT2D eigenvalue weighted by molar-refractivity contribution is 5.91. The van der Waals surface area contributed by atoms with E-state index >= 15 is 0 Å². The standard InChI is InChI=1S/C20H30N4O5/c1-2-15(21)6-4-3-5-11-22-17(26)9-7-14-12-24(20(28)23-19(14)27)18-10-8-16(13-25)29-18/h7-10,12,15-16,18,25H,2-6,11,13,21H2,1H3,(H,22,26)(H,23,27,28)/b9-7-. The van der Waals surface area contributed by atoms with Gasteiger partial charge in [-0.2, -0.15) is 0 Å². The molecule has 0 saturated carbocycles. The molecule has 3 atom stereocenters. The van der Waals surface area contributed by atoms with E-state index in [0.29, 0.717) is 6.54 Å². The van der Waals surface area contributed by atoms with E-state index in [1.54, 1.807) is 12.2 Å². The van der Waals surface area contributed by atoms with Crippen LogP contribution in [0.25, 0.3) is 6.08 Å². The number of nitrogens with zero attached hydrogens (tertiary/aromatic N) is 1. The maximum Gasteiger partial charge on any atom is 0.330 e. The lowest BCUT2D eigenvalue weighted by molar-refractivity contribution is -0.116. The fourth-order valence-electron chi connectivity index (χ4n) is 2.91. The number of aliphatic hydroxyl groups excluding tert-OH is 1. The molecule has 0 spiro atoms. The molecule has 0 bridgehead atoms. The number of hydrogen-bond donors (Lipinski definition) is 4. The molecule has 1 aliphatic rings. The van der Waals surface area contributed by atoms with Crippen LogP contribution in [0.3, 0.4) is 0 Å². The maximum atomic E-state index is 12.0. The van der Waals surface area contributed by atoms with E-state index in [1.807, 2.05) is 0 Å². The highest BCUT2D eigenvalue weighted by Gasteiger charge is 2.21. The summed E-state index contributed by atoms with van der Waals surface area (Å²) >= 11 is 0. The van der Waals surface area contributed by atoms with Gasteiger partial charge >= 0.3 is 5.69 Å². The number of nitrogens with one attached hydrogen (secondary N) is 2. The Morgan fingerprint density at radius 2 is 2.17 bits per heavy atom. The Kier molecular flexibility index (Phi) is 9.04. The summed E-state index contributed by atoms with van der Waals surface area (Å²) in [4.78, 5) is 38.2. The lowest BCUT2D eigenvalue weighted by Crippen LogP contribution is -2.33. The van der Waals surface area contributed by atoms with Crippen molar-refractivity contribution < 1.29 is 14.6 Å². The number of unbranched alkanes of at least 4 members (excludes halogenated alkanes) is 2. The second-order valence-corrected chi connectivity index (χ2v) is 7.03. The second kappa shape index (κ2) is 11.5. The Morgan fingerprint density at radius 3 is 2.86 bits per heavy atom. The first-order valence-corrected chi connectivity index (χ1v) is 9.96. The number of rotatable bonds is 11. The third-order valence-corrected chi connectivity index (χ3v) is 4.74. The van der Waals surface area contributed by atoms with Crippen LogP contribution >= 0.6 is 0 Å². The molecule has 9 heteroatoms. The summed E-state index contributed by atoms with van der Waals surface area (Å²) in [6, 6.07) is 0.244. The molecule has 5 N–H and O–H groups in total. The zero-order chi connectivity index (χ0) is 21.2. The van der Waals surface area contributed by atoms with Crippen LogP contribution < -0.4 is 22.3 Å². The van der Waals surface area contributed by atoms with E-state index in [9.17, 15) is 14.4 Å². The average molecular weight is 406 g/mol. The predicted octanol–water partition coefficient (Wildman–Crippen LogP) is 0.410. The highest BCUT2D eigenvalue weighted by atomic mass is 16.5. The normalized spacial score (nSPS) is 19.7. The van der Waals surface area contributed by atoms with E-state index in [1.165, 1.54) is 22.9 Å². The zero-order valence-electron chi connectivity index (χ0n) is 16.7. The Morgan fingerprint density at radius 1 is 1.38 bits per heavy atom. The van der Waals surface area contributed by atoms with Crippen molar-refractivity contribution in [1.29, 1.82) is 0 Å². The van der Waals surface area contributed by atoms with Crippen LogP contribution in [0.4, 0.5) is 0 Å². The molecule has 1 aromatic heterocycles. The van der Waals surface area contributed by atoms with Crippen LogP contribution in [0.15, 0.2) is 34.0 Å². The van der Waals surface area contributed by atoms with Crippen LogP contribution in [0.2, 0.25) is 0 Å². The number of carbonyl (C=O) groups excluding carboxylic acids is 1. The molecule has 1 aliphatic heterocycles. The van der Waals surface area contributed by atoms with E-state index < -0.39 is 23.6 Å². The fourth-order valence-corrected chi connectivity index (χ4v) is 2.91. The monoisotopic (exact) mass is 406 g/mol. The van der Waals surface area contributed by atoms with Crippen LogP contribution in [0.5, 0.6) is 0 Å². The number of H-pyrrole nitrogens is 1. The van der Waals surface area contributed by atoms with Gasteiger partial charge in [0.05, 0.1) is 12.2 Å². The summed E-state index contributed by atoms with van der Waals surface area (Å²) in [5.41, 5.74) is 4.79. The molecule has 2 heterocycles. The lowest BCUT2D eigenvalue weighted by atomic mass is 10.1. The van der Waals surface area contributed by atoms with Gasteiger partial charge in [0, 0.05) is 24.9 Å². The number of nitrogens with two attached hydrogens (primary N) is 1. The average Bonchev–Trinajstić information content (AvgIpc) is 3.18. The third-order valence-electron chi connectivity index (χ3n) is 4.74. The van der Waals surface area contributed by atoms with Gasteiger partial charge < -0.3 is 20.9 Å². The van der Waals surface area contributed by atoms with Crippen LogP contribution in [-0.4, -0.2) is 45.9 Å². The van der Waals surface area contributed by atoms with Gasteiger partial charge in [0.25, 0.3) is 5.56 Å². The highest BCUT2D eigenvalue weighted by Crippen LogP contribution is 2.19. The van der Waals surface area contributed by atoms with Crippen molar-refractivity contribution >= 4 is 12.0 Å². The number of aliphatic hydroxyl groups is 1. The molecule has 0 saturated heterocycles. The number of ether oxygens (including phenoxy) is 1. The van der Waals surface area contributed by atoms with Crippen LogP contribution in [0.1, 0.15) is 50.8 Å². The summed E-state index contributed by atoms with van der Waals surface area (Å²) in [6.07, 6.45) is 10.8. The first kappa shape index (κ1) is 22.8. The molecule has 160 valence electrons. The van der Waals surface area contributed by atoms with E-state index in [2.05, 4.69) is 17.2 Å². The Bertz CT molecular complexity index is 842. The van der Waals surface area contributed by atoms with Crippen molar-refractivity contribution in [2.45, 2.75) is 57.4 Å². The number of aromatic amines is 1. The van der Waals surface area contributed by atoms with E-state index in [0.717, 1.165) is 32.1 Å². The minimum Gasteiger partial charge on any atom is -0.393 e. The van der Waals surface area contributed by atoms with Crippen LogP contribution in [-0.2, 0) is 9.53 Å². The molecule has 3 unspecified atom stereocenters. The zero-order valence-corrected chi connectivity index (χ0v) is 16.7. The Hall–Kier alpha value is -2.49. The molecule has 1 aromatic rings. The van der Waals surface area contributed by atoms with Crippen molar-refractivity contribution in [2.24, 2.45) is 5.73 Å². The predicted molar refractivity (Wildman–Crippen MR) is 110 cm³/mol. The minimum absolute atomic E-state index is 0.151. The summed E-state index contributed by atoms with van der Waals surface area (Å²) in [5.74, 6) is -0.315. The lowest BCUT2D eigenvalue weighted by Gasteiger charge is -2.15. The Labute approximate surface area is 169 Å². The van der Waals surface area contributed by atoms with Gasteiger partial charge in [-0.25, -0.2) is 4.79 Å². The molecule has 1 amide bonds. The summed E-state index contributed by atoms with van der Waals surface area (Å²) in [5, 5.41) is 11.9. The molecule has 9 nitrogen and oxygen atoms in total. The summed E-state index contributed by atoms with van der Waals surface area (Å²) in [6.45, 7) is 2.41. The fraction of sp³-hybridized carbons (Fsp3) is 0.550. The number of carbonyl (C=O) groups is 1. The third kappa shape index (κ3) is 7.12. The molecule has 0 fully saturated rings. The van der Waals surface area contributed by atoms with Gasteiger partial charge in [-0.1, -0.05) is 25.8 Å². The van der Waals surface area contributed by atoms with Gasteiger partial charge in [0.1, 0.15) is 6.10 Å². The van der Waals surface area contributed by atoms with Gasteiger partial charge in [-0.05, 0) is 31.4 Å². The number of amides is 1. The van der Waals surface area contributed by atoms with Crippen LogP contribution in [0, 0.1) is 0 Å². The van der Waals surface area contributed by atoms with Crippen molar-refractivity contribution in [3.63, 3.8) is 0 Å². The molecule has 0 aromatic carbocycles. The first-order chi connectivity index (χ1) is 13.9. The molecular formula is C20H30N4O5. The van der Waals surface area contributed by atoms with Gasteiger partial charge in [0.2, 0.25) is 5.91 Å².